The van der Waals surface area contributed by atoms with Gasteiger partial charge in [0.1, 0.15) is 6.16 Å². The minimum absolute atomic E-state index is 0.161. The molecule has 0 aliphatic carbocycles. The smallest absolute Gasteiger partial charge is 0.353 e. The molecule has 0 heterocycles. The van der Waals surface area contributed by atoms with Gasteiger partial charge in [0.05, 0.1) is 0 Å². The summed E-state index contributed by atoms with van der Waals surface area (Å²) in [5, 5.41) is 8.05. The van der Waals surface area contributed by atoms with Crippen LogP contribution in [0.5, 0.6) is 0 Å². The van der Waals surface area contributed by atoms with Gasteiger partial charge < -0.3 is 5.11 Å². The molecular formula is C5H14O2P+. The second-order valence-corrected chi connectivity index (χ2v) is 2.82. The first-order valence-corrected chi connectivity index (χ1v) is 4.47. The van der Waals surface area contributed by atoms with Crippen molar-refractivity contribution in [3.05, 3.63) is 0 Å². The van der Waals surface area contributed by atoms with E-state index in [0.717, 1.165) is 0 Å². The Labute approximate surface area is 51.7 Å². The van der Waals surface area contributed by atoms with E-state index in [2.05, 4.69) is 0 Å². The molecule has 0 fully saturated rings. The van der Waals surface area contributed by atoms with Gasteiger partial charge in [-0.1, -0.05) is 18.4 Å². The molecule has 8 heavy (non-hydrogen) atoms. The maximum Gasteiger partial charge on any atom is 0.366 e. The van der Waals surface area contributed by atoms with E-state index in [1.54, 1.807) is 6.92 Å². The third-order valence-electron chi connectivity index (χ3n) is 0.510. The summed E-state index contributed by atoms with van der Waals surface area (Å²) in [6.45, 7) is 5.79. The van der Waals surface area contributed by atoms with Crippen LogP contribution in [0.3, 0.4) is 0 Å². The molecule has 1 unspecified atom stereocenters. The maximum absolute atomic E-state index is 10.1. The lowest BCUT2D eigenvalue weighted by Gasteiger charge is -1.66. The Balaban J connectivity index is 0. The fraction of sp³-hybridized carbons (Fsp3) is 1.00. The second kappa shape index (κ2) is 10.1. The van der Waals surface area contributed by atoms with Crippen molar-refractivity contribution in [2.24, 2.45) is 0 Å². The van der Waals surface area contributed by atoms with Crippen LogP contribution in [0.1, 0.15) is 20.8 Å². The molecule has 0 rings (SSSR count). The van der Waals surface area contributed by atoms with Crippen molar-refractivity contribution < 1.29 is 9.67 Å². The summed E-state index contributed by atoms with van der Waals surface area (Å²) in [4.78, 5) is 0. The van der Waals surface area contributed by atoms with Gasteiger partial charge >= 0.3 is 7.80 Å². The minimum Gasteiger partial charge on any atom is -0.353 e. The molecule has 0 spiro atoms. The molecule has 0 aromatic rings. The van der Waals surface area contributed by atoms with E-state index in [9.17, 15) is 4.57 Å². The van der Waals surface area contributed by atoms with Crippen LogP contribution in [0.4, 0.5) is 0 Å². The first-order chi connectivity index (χ1) is 3.81. The fourth-order valence-corrected chi connectivity index (χ4v) is 0.300. The van der Waals surface area contributed by atoms with Crippen LogP contribution < -0.4 is 0 Å². The van der Waals surface area contributed by atoms with E-state index in [4.69, 9.17) is 5.11 Å². The van der Waals surface area contributed by atoms with Crippen LogP contribution >= 0.6 is 7.80 Å². The summed E-state index contributed by atoms with van der Waals surface area (Å²) >= 11 is 0. The SMILES string of the molecule is CC.CC[P+](=O)CO. The molecule has 0 aliphatic rings. The van der Waals surface area contributed by atoms with Crippen LogP contribution in [0.2, 0.25) is 0 Å². The molecular weight excluding hydrogens is 123 g/mol. The average molecular weight is 137 g/mol. The fourth-order valence-electron chi connectivity index (χ4n) is 0.1000. The van der Waals surface area contributed by atoms with Gasteiger partial charge in [-0.2, -0.15) is 0 Å². The van der Waals surface area contributed by atoms with Crippen molar-refractivity contribution in [3.63, 3.8) is 0 Å². The molecule has 0 aliphatic heterocycles. The number of hydrogen-bond acceptors (Lipinski definition) is 2. The second-order valence-electron chi connectivity index (χ2n) is 0.939. The molecule has 1 N–H and O–H groups in total. The Morgan fingerprint density at radius 3 is 1.88 bits per heavy atom. The predicted molar refractivity (Wildman–Crippen MR) is 36.6 cm³/mol. The zero-order chi connectivity index (χ0) is 6.99. The highest BCUT2D eigenvalue weighted by Gasteiger charge is 2.04. The lowest BCUT2D eigenvalue weighted by atomic mass is 11.0. The van der Waals surface area contributed by atoms with E-state index in [0.29, 0.717) is 6.16 Å². The molecule has 50 valence electrons. The third kappa shape index (κ3) is 9.41. The van der Waals surface area contributed by atoms with Gasteiger partial charge in [0.25, 0.3) is 0 Å². The van der Waals surface area contributed by atoms with Crippen molar-refractivity contribution in [2.75, 3.05) is 12.5 Å². The predicted octanol–water partition coefficient (Wildman–Crippen LogP) is 1.81. The first-order valence-electron chi connectivity index (χ1n) is 2.84. The van der Waals surface area contributed by atoms with Gasteiger partial charge in [-0.05, 0) is 6.92 Å². The lowest BCUT2D eigenvalue weighted by molar-refractivity contribution is 0.362. The summed E-state index contributed by atoms with van der Waals surface area (Å²) in [5.41, 5.74) is 0. The maximum atomic E-state index is 10.1. The van der Waals surface area contributed by atoms with Crippen LogP contribution in [0, 0.1) is 0 Å². The Morgan fingerprint density at radius 2 is 1.88 bits per heavy atom. The highest BCUT2D eigenvalue weighted by atomic mass is 31.1. The molecule has 0 saturated carbocycles. The number of aliphatic hydroxyl groups excluding tert-OH is 1. The quantitative estimate of drug-likeness (QED) is 0.589. The van der Waals surface area contributed by atoms with Gasteiger partial charge in [-0.3, -0.25) is 0 Å². The Morgan fingerprint density at radius 1 is 1.50 bits per heavy atom. The lowest BCUT2D eigenvalue weighted by Crippen LogP contribution is -1.71. The number of rotatable bonds is 2. The molecule has 2 nitrogen and oxygen atoms in total. The van der Waals surface area contributed by atoms with Crippen molar-refractivity contribution >= 4 is 7.80 Å². The highest BCUT2D eigenvalue weighted by molar-refractivity contribution is 7.44. The average Bonchev–Trinajstić information content (AvgIpc) is 1.91. The van der Waals surface area contributed by atoms with E-state index in [1.807, 2.05) is 13.8 Å². The Kier molecular flexibility index (Phi) is 13.8. The molecule has 3 heteroatoms. The summed E-state index contributed by atoms with van der Waals surface area (Å²) < 4.78 is 10.1. The van der Waals surface area contributed by atoms with Gasteiger partial charge in [0.15, 0.2) is 0 Å². The zero-order valence-electron chi connectivity index (χ0n) is 5.72. The summed E-state index contributed by atoms with van der Waals surface area (Å²) in [6, 6.07) is 0. The number of hydrogen-bond donors (Lipinski definition) is 1. The standard InChI is InChI=1S/C3H8O2P.C2H6/c1-2-6(5)3-4;1-2/h4H,2-3H2,1H3;1-2H3/q+1;. The van der Waals surface area contributed by atoms with Gasteiger partial charge in [-0.25, -0.2) is 0 Å². The molecule has 0 aromatic heterocycles. The number of aliphatic hydroxyl groups is 1. The van der Waals surface area contributed by atoms with Crippen molar-refractivity contribution in [1.82, 2.24) is 0 Å². The van der Waals surface area contributed by atoms with Crippen molar-refractivity contribution in [3.8, 4) is 0 Å². The zero-order valence-corrected chi connectivity index (χ0v) is 6.61. The van der Waals surface area contributed by atoms with Crippen LogP contribution in [-0.4, -0.2) is 17.6 Å². The topological polar surface area (TPSA) is 37.3 Å². The van der Waals surface area contributed by atoms with Crippen LogP contribution in [-0.2, 0) is 4.57 Å². The molecule has 0 bridgehead atoms. The van der Waals surface area contributed by atoms with E-state index in [-0.39, 0.29) is 6.35 Å². The van der Waals surface area contributed by atoms with Gasteiger partial charge in [0.2, 0.25) is 6.35 Å². The van der Waals surface area contributed by atoms with Gasteiger partial charge in [-0.15, -0.1) is 0 Å². The molecule has 0 saturated heterocycles. The molecule has 0 radical (unpaired) electrons. The van der Waals surface area contributed by atoms with E-state index < -0.39 is 7.80 Å². The van der Waals surface area contributed by atoms with Gasteiger partial charge in [0, 0.05) is 0 Å². The monoisotopic (exact) mass is 137 g/mol. The van der Waals surface area contributed by atoms with E-state index in [1.165, 1.54) is 0 Å². The third-order valence-corrected chi connectivity index (χ3v) is 1.53. The highest BCUT2D eigenvalue weighted by Crippen LogP contribution is 2.14. The first kappa shape index (κ1) is 10.9. The Bertz CT molecular complexity index is 48.4. The molecule has 0 aromatic carbocycles. The largest absolute Gasteiger partial charge is 0.366 e. The molecule has 1 atom stereocenters. The Hall–Kier alpha value is 0.0600. The van der Waals surface area contributed by atoms with E-state index >= 15 is 0 Å². The summed E-state index contributed by atoms with van der Waals surface area (Å²) in [6.07, 6.45) is 0.428. The van der Waals surface area contributed by atoms with Crippen molar-refractivity contribution in [2.45, 2.75) is 20.8 Å². The van der Waals surface area contributed by atoms with Crippen molar-refractivity contribution in [1.29, 1.82) is 0 Å². The molecule has 0 amide bonds. The summed E-state index contributed by atoms with van der Waals surface area (Å²) in [5.74, 6) is 0. The van der Waals surface area contributed by atoms with Crippen LogP contribution in [0.15, 0.2) is 0 Å². The minimum atomic E-state index is -1.27. The summed E-state index contributed by atoms with van der Waals surface area (Å²) in [7, 11) is -1.27. The van der Waals surface area contributed by atoms with Crippen LogP contribution in [0.25, 0.3) is 0 Å². The normalized spacial score (nSPS) is 9.25.